The van der Waals surface area contributed by atoms with E-state index in [1.54, 1.807) is 0 Å². The highest BCUT2D eigenvalue weighted by Gasteiger charge is 2.17. The molecule has 0 unspecified atom stereocenters. The van der Waals surface area contributed by atoms with Crippen LogP contribution in [0.15, 0.2) is 224 Å². The second kappa shape index (κ2) is 15.1. The van der Waals surface area contributed by atoms with Gasteiger partial charge < -0.3 is 0 Å². The van der Waals surface area contributed by atoms with Crippen LogP contribution in [0.3, 0.4) is 0 Å². The molecule has 3 heteroatoms. The van der Waals surface area contributed by atoms with Crippen LogP contribution in [0.2, 0.25) is 0 Å². The lowest BCUT2D eigenvalue weighted by molar-refractivity contribution is 1.07. The van der Waals surface area contributed by atoms with Crippen molar-refractivity contribution in [1.29, 1.82) is 0 Å². The molecular weight excluding hydrogens is 727 g/mol. The predicted octanol–water partition coefficient (Wildman–Crippen LogP) is 15.0. The molecule has 0 saturated carbocycles. The van der Waals surface area contributed by atoms with Crippen LogP contribution < -0.4 is 0 Å². The average Bonchev–Trinajstić information content (AvgIpc) is 3.34. The van der Waals surface area contributed by atoms with Gasteiger partial charge in [-0.15, -0.1) is 0 Å². The van der Waals surface area contributed by atoms with Crippen molar-refractivity contribution in [3.63, 3.8) is 0 Å². The smallest absolute Gasteiger partial charge is 0.164 e. The number of aromatic nitrogens is 3. The highest BCUT2D eigenvalue weighted by atomic mass is 15.0. The van der Waals surface area contributed by atoms with E-state index in [0.717, 1.165) is 50.1 Å². The van der Waals surface area contributed by atoms with Crippen molar-refractivity contribution in [2.75, 3.05) is 0 Å². The number of benzene rings is 10. The van der Waals surface area contributed by atoms with Crippen LogP contribution in [-0.2, 0) is 0 Å². The molecule has 0 aliphatic rings. The molecule has 11 aromatic rings. The minimum absolute atomic E-state index is 0.619. The number of hydrogen-bond acceptors (Lipinski definition) is 3. The van der Waals surface area contributed by atoms with Gasteiger partial charge in [0.2, 0.25) is 0 Å². The third-order valence-corrected chi connectivity index (χ3v) is 11.5. The maximum atomic E-state index is 5.25. The predicted molar refractivity (Wildman–Crippen MR) is 250 cm³/mol. The molecule has 0 aliphatic heterocycles. The van der Waals surface area contributed by atoms with Gasteiger partial charge in [-0.05, 0) is 101 Å². The van der Waals surface area contributed by atoms with Gasteiger partial charge in [-0.2, -0.15) is 0 Å². The van der Waals surface area contributed by atoms with Gasteiger partial charge in [0.15, 0.2) is 17.5 Å². The molecular formula is C57H37N3. The van der Waals surface area contributed by atoms with E-state index in [9.17, 15) is 0 Å². The van der Waals surface area contributed by atoms with Crippen LogP contribution >= 0.6 is 0 Å². The van der Waals surface area contributed by atoms with Crippen molar-refractivity contribution in [2.24, 2.45) is 0 Å². The minimum atomic E-state index is 0.619. The van der Waals surface area contributed by atoms with Crippen molar-refractivity contribution >= 4 is 32.3 Å². The molecule has 3 nitrogen and oxygen atoms in total. The summed E-state index contributed by atoms with van der Waals surface area (Å²) in [5.74, 6) is 1.86. The third-order valence-electron chi connectivity index (χ3n) is 11.5. The summed E-state index contributed by atoms with van der Waals surface area (Å²) in [5.41, 5.74) is 11.9. The third kappa shape index (κ3) is 6.58. The zero-order valence-electron chi connectivity index (χ0n) is 32.7. The van der Waals surface area contributed by atoms with E-state index >= 15 is 0 Å². The maximum absolute atomic E-state index is 5.25. The first kappa shape index (κ1) is 35.2. The van der Waals surface area contributed by atoms with E-state index < -0.39 is 0 Å². The lowest BCUT2D eigenvalue weighted by Crippen LogP contribution is -2.01. The Morgan fingerprint density at radius 1 is 0.200 bits per heavy atom. The van der Waals surface area contributed by atoms with Crippen LogP contribution in [0.5, 0.6) is 0 Å². The van der Waals surface area contributed by atoms with E-state index in [0.29, 0.717) is 17.5 Å². The van der Waals surface area contributed by atoms with Crippen molar-refractivity contribution < 1.29 is 0 Å². The summed E-state index contributed by atoms with van der Waals surface area (Å²) in [4.78, 5) is 15.6. The number of rotatable bonds is 7. The molecule has 11 rings (SSSR count). The van der Waals surface area contributed by atoms with Crippen LogP contribution in [0, 0.1) is 0 Å². The van der Waals surface area contributed by atoms with Crippen LogP contribution in [0.25, 0.3) is 111 Å². The van der Waals surface area contributed by atoms with Gasteiger partial charge in [-0.3, -0.25) is 0 Å². The van der Waals surface area contributed by atoms with E-state index in [1.165, 1.54) is 43.4 Å². The van der Waals surface area contributed by atoms with Gasteiger partial charge in [0.25, 0.3) is 0 Å². The van der Waals surface area contributed by atoms with Gasteiger partial charge in [-0.1, -0.05) is 200 Å². The molecule has 0 saturated heterocycles. The zero-order valence-corrected chi connectivity index (χ0v) is 32.7. The molecule has 0 radical (unpaired) electrons. The minimum Gasteiger partial charge on any atom is -0.208 e. The number of hydrogen-bond donors (Lipinski definition) is 0. The SMILES string of the molecule is c1ccc(-c2ccc(-c3nc(-c4ccc(-c5c6ccccc6cc6c5ccc5ccccc56)cc4)nc(-c4cc(-c5ccccc5)cc(-c5ccccc5)c4)n3)cc2)cc1. The average molecular weight is 764 g/mol. The zero-order chi connectivity index (χ0) is 39.8. The molecule has 0 N–H and O–H groups in total. The van der Waals surface area contributed by atoms with E-state index in [4.69, 9.17) is 15.0 Å². The number of nitrogens with zero attached hydrogens (tertiary/aromatic N) is 3. The Bertz CT molecular complexity index is 3270. The normalized spacial score (nSPS) is 11.3. The molecule has 0 fully saturated rings. The fourth-order valence-electron chi connectivity index (χ4n) is 8.47. The Kier molecular flexibility index (Phi) is 8.83. The van der Waals surface area contributed by atoms with Gasteiger partial charge in [0.05, 0.1) is 0 Å². The van der Waals surface area contributed by atoms with Crippen molar-refractivity contribution in [3.05, 3.63) is 224 Å². The Morgan fingerprint density at radius 3 is 1.17 bits per heavy atom. The second-order valence-corrected chi connectivity index (χ2v) is 15.2. The van der Waals surface area contributed by atoms with Crippen molar-refractivity contribution in [3.8, 4) is 78.7 Å². The van der Waals surface area contributed by atoms with Crippen molar-refractivity contribution in [1.82, 2.24) is 15.0 Å². The largest absolute Gasteiger partial charge is 0.208 e. The molecule has 60 heavy (non-hydrogen) atoms. The molecule has 0 atom stereocenters. The first-order chi connectivity index (χ1) is 29.7. The maximum Gasteiger partial charge on any atom is 0.164 e. The van der Waals surface area contributed by atoms with Gasteiger partial charge in [0.1, 0.15) is 0 Å². The molecule has 0 amide bonds. The summed E-state index contributed by atoms with van der Waals surface area (Å²) in [6.07, 6.45) is 0. The Morgan fingerprint density at radius 2 is 0.600 bits per heavy atom. The Labute approximate surface area is 349 Å². The van der Waals surface area contributed by atoms with Gasteiger partial charge in [0, 0.05) is 16.7 Å². The van der Waals surface area contributed by atoms with E-state index in [2.05, 4.69) is 218 Å². The fraction of sp³-hybridized carbons (Fsp3) is 0. The van der Waals surface area contributed by atoms with Gasteiger partial charge >= 0.3 is 0 Å². The summed E-state index contributed by atoms with van der Waals surface area (Å²) in [7, 11) is 0. The van der Waals surface area contributed by atoms with Crippen LogP contribution in [0.1, 0.15) is 0 Å². The summed E-state index contributed by atoms with van der Waals surface area (Å²) >= 11 is 0. The Balaban J connectivity index is 1.07. The molecule has 0 bridgehead atoms. The second-order valence-electron chi connectivity index (χ2n) is 15.2. The molecule has 1 heterocycles. The summed E-state index contributed by atoms with van der Waals surface area (Å²) in [6, 6.07) is 79.5. The number of fused-ring (bicyclic) bond motifs is 4. The lowest BCUT2D eigenvalue weighted by atomic mass is 9.89. The first-order valence-corrected chi connectivity index (χ1v) is 20.3. The Hall–Kier alpha value is -8.01. The highest BCUT2D eigenvalue weighted by molar-refractivity contribution is 6.20. The van der Waals surface area contributed by atoms with E-state index in [1.807, 2.05) is 6.07 Å². The quantitative estimate of drug-likeness (QED) is 0.120. The molecule has 10 aromatic carbocycles. The highest BCUT2D eigenvalue weighted by Crippen LogP contribution is 2.40. The molecule has 280 valence electrons. The summed E-state index contributed by atoms with van der Waals surface area (Å²) in [6.45, 7) is 0. The lowest BCUT2D eigenvalue weighted by Gasteiger charge is -2.15. The fourth-order valence-corrected chi connectivity index (χ4v) is 8.47. The molecule has 0 spiro atoms. The van der Waals surface area contributed by atoms with Crippen molar-refractivity contribution in [2.45, 2.75) is 0 Å². The van der Waals surface area contributed by atoms with Crippen LogP contribution in [-0.4, -0.2) is 15.0 Å². The topological polar surface area (TPSA) is 38.7 Å². The van der Waals surface area contributed by atoms with Gasteiger partial charge in [-0.25, -0.2) is 15.0 Å². The molecule has 0 aliphatic carbocycles. The molecule has 1 aromatic heterocycles. The first-order valence-electron chi connectivity index (χ1n) is 20.3. The summed E-state index contributed by atoms with van der Waals surface area (Å²) < 4.78 is 0. The monoisotopic (exact) mass is 763 g/mol. The standard InChI is InChI=1S/C57H37N3/c1-4-14-38(15-5-1)41-24-28-44(29-25-41)55-58-56(60-57(59-55)49-35-47(39-16-6-2-7-17-39)34-48(36-49)40-18-8-3-9-19-40)45-30-26-43(27-31-45)54-51-23-13-11-21-46(51)37-53-50-22-12-10-20-42(50)32-33-52(53)54/h1-37H. The van der Waals surface area contributed by atoms with E-state index in [-0.39, 0.29) is 0 Å². The summed E-state index contributed by atoms with van der Waals surface area (Å²) in [5, 5.41) is 7.43. The van der Waals surface area contributed by atoms with Crippen LogP contribution in [0.4, 0.5) is 0 Å².